The molecule has 0 aromatic carbocycles. The van der Waals surface area contributed by atoms with Gasteiger partial charge in [-0.3, -0.25) is 0 Å². The monoisotopic (exact) mass is 213 g/mol. The molecule has 0 saturated carbocycles. The fourth-order valence-electron chi connectivity index (χ4n) is 2.15. The van der Waals surface area contributed by atoms with Crippen LogP contribution in [0.5, 0.6) is 0 Å². The van der Waals surface area contributed by atoms with E-state index in [0.29, 0.717) is 12.1 Å². The first kappa shape index (κ1) is 13.0. The molecule has 0 bridgehead atoms. The van der Waals surface area contributed by atoms with Crippen LogP contribution in [-0.4, -0.2) is 25.3 Å². The van der Waals surface area contributed by atoms with Gasteiger partial charge in [0.15, 0.2) is 0 Å². The van der Waals surface area contributed by atoms with E-state index in [9.17, 15) is 0 Å². The van der Waals surface area contributed by atoms with Crippen molar-refractivity contribution in [3.63, 3.8) is 0 Å². The normalized spacial score (nSPS) is 25.4. The average Bonchev–Trinajstić information content (AvgIpc) is 2.76. The molecular formula is C13H27NO. The zero-order valence-corrected chi connectivity index (χ0v) is 10.6. The van der Waals surface area contributed by atoms with Crippen molar-refractivity contribution in [3.8, 4) is 0 Å². The summed E-state index contributed by atoms with van der Waals surface area (Å²) in [6.07, 6.45) is 6.80. The highest BCUT2D eigenvalue weighted by molar-refractivity contribution is 4.73. The molecule has 3 atom stereocenters. The van der Waals surface area contributed by atoms with Gasteiger partial charge in [0, 0.05) is 19.2 Å². The molecule has 1 aliphatic rings. The first-order valence-electron chi connectivity index (χ1n) is 6.61. The number of nitrogens with one attached hydrogen (secondary N) is 1. The summed E-state index contributed by atoms with van der Waals surface area (Å²) in [5.41, 5.74) is 0. The molecule has 0 spiro atoms. The molecule has 15 heavy (non-hydrogen) atoms. The maximum Gasteiger partial charge on any atom is 0.0700 e. The van der Waals surface area contributed by atoms with E-state index in [4.69, 9.17) is 4.74 Å². The molecule has 0 aliphatic carbocycles. The van der Waals surface area contributed by atoms with E-state index in [2.05, 4.69) is 26.1 Å². The first-order chi connectivity index (χ1) is 7.26. The van der Waals surface area contributed by atoms with E-state index >= 15 is 0 Å². The second kappa shape index (κ2) is 7.24. The quantitative estimate of drug-likeness (QED) is 0.702. The molecule has 0 unspecified atom stereocenters. The number of ether oxygens (including phenoxy) is 1. The minimum Gasteiger partial charge on any atom is -0.377 e. The lowest BCUT2D eigenvalue weighted by molar-refractivity contribution is 0.106. The van der Waals surface area contributed by atoms with Crippen molar-refractivity contribution in [1.82, 2.24) is 5.32 Å². The van der Waals surface area contributed by atoms with Crippen molar-refractivity contribution in [2.24, 2.45) is 5.92 Å². The van der Waals surface area contributed by atoms with Gasteiger partial charge in [-0.25, -0.2) is 0 Å². The zero-order chi connectivity index (χ0) is 11.1. The smallest absolute Gasteiger partial charge is 0.0700 e. The van der Waals surface area contributed by atoms with Gasteiger partial charge >= 0.3 is 0 Å². The van der Waals surface area contributed by atoms with Crippen molar-refractivity contribution in [2.45, 2.75) is 65.0 Å². The highest BCUT2D eigenvalue weighted by Crippen LogP contribution is 2.14. The molecule has 1 saturated heterocycles. The topological polar surface area (TPSA) is 21.3 Å². The summed E-state index contributed by atoms with van der Waals surface area (Å²) in [5, 5.41) is 3.65. The third kappa shape index (κ3) is 4.98. The fraction of sp³-hybridized carbons (Fsp3) is 1.00. The number of rotatable bonds is 7. The molecule has 1 rings (SSSR count). The lowest BCUT2D eigenvalue weighted by Crippen LogP contribution is -2.36. The maximum absolute atomic E-state index is 5.62. The standard InChI is InChI=1S/C13H27NO/c1-4-11(3)9-12(5-2)14-10-13-7-6-8-15-13/h11-14H,4-10H2,1-3H3/t11-,12+,13-/m0/s1. The minimum atomic E-state index is 0.482. The zero-order valence-electron chi connectivity index (χ0n) is 10.6. The van der Waals surface area contributed by atoms with E-state index in [1.807, 2.05) is 0 Å². The lowest BCUT2D eigenvalue weighted by Gasteiger charge is -2.22. The molecule has 90 valence electrons. The van der Waals surface area contributed by atoms with Gasteiger partial charge in [-0.1, -0.05) is 27.2 Å². The molecule has 2 heteroatoms. The summed E-state index contributed by atoms with van der Waals surface area (Å²) in [6, 6.07) is 0.684. The third-order valence-corrected chi connectivity index (χ3v) is 3.53. The van der Waals surface area contributed by atoms with Gasteiger partial charge in [0.2, 0.25) is 0 Å². The summed E-state index contributed by atoms with van der Waals surface area (Å²) in [6.45, 7) is 8.91. The van der Waals surface area contributed by atoms with Crippen LogP contribution in [0.1, 0.15) is 52.9 Å². The summed E-state index contributed by atoms with van der Waals surface area (Å²) in [7, 11) is 0. The third-order valence-electron chi connectivity index (χ3n) is 3.53. The second-order valence-corrected chi connectivity index (χ2v) is 4.90. The molecule has 0 radical (unpaired) electrons. The Hall–Kier alpha value is -0.0800. The minimum absolute atomic E-state index is 0.482. The van der Waals surface area contributed by atoms with Crippen LogP contribution in [0.2, 0.25) is 0 Å². The number of hydrogen-bond acceptors (Lipinski definition) is 2. The largest absolute Gasteiger partial charge is 0.377 e. The van der Waals surface area contributed by atoms with E-state index in [-0.39, 0.29) is 0 Å². The van der Waals surface area contributed by atoms with Gasteiger partial charge in [0.25, 0.3) is 0 Å². The highest BCUT2D eigenvalue weighted by Gasteiger charge is 2.17. The van der Waals surface area contributed by atoms with Gasteiger partial charge in [-0.15, -0.1) is 0 Å². The van der Waals surface area contributed by atoms with E-state index in [0.717, 1.165) is 19.1 Å². The molecule has 1 fully saturated rings. The lowest BCUT2D eigenvalue weighted by atomic mass is 9.97. The van der Waals surface area contributed by atoms with Gasteiger partial charge in [0.1, 0.15) is 0 Å². The van der Waals surface area contributed by atoms with Gasteiger partial charge in [-0.05, 0) is 31.6 Å². The van der Waals surface area contributed by atoms with Crippen LogP contribution in [-0.2, 0) is 4.74 Å². The summed E-state index contributed by atoms with van der Waals surface area (Å²) in [5.74, 6) is 0.840. The highest BCUT2D eigenvalue weighted by atomic mass is 16.5. The van der Waals surface area contributed by atoms with Crippen molar-refractivity contribution >= 4 is 0 Å². The maximum atomic E-state index is 5.62. The van der Waals surface area contributed by atoms with Crippen molar-refractivity contribution in [3.05, 3.63) is 0 Å². The second-order valence-electron chi connectivity index (χ2n) is 4.90. The molecule has 1 aliphatic heterocycles. The molecule has 1 N–H and O–H groups in total. The Morgan fingerprint density at radius 2 is 2.13 bits per heavy atom. The van der Waals surface area contributed by atoms with E-state index in [1.54, 1.807) is 0 Å². The van der Waals surface area contributed by atoms with Crippen LogP contribution in [0.3, 0.4) is 0 Å². The van der Waals surface area contributed by atoms with Gasteiger partial charge in [-0.2, -0.15) is 0 Å². The Kier molecular flexibility index (Phi) is 6.26. The Balaban J connectivity index is 2.14. The van der Waals surface area contributed by atoms with Crippen LogP contribution in [0.25, 0.3) is 0 Å². The van der Waals surface area contributed by atoms with E-state index in [1.165, 1.54) is 32.1 Å². The van der Waals surface area contributed by atoms with Gasteiger partial charge < -0.3 is 10.1 Å². The summed E-state index contributed by atoms with van der Waals surface area (Å²) < 4.78 is 5.62. The molecule has 2 nitrogen and oxygen atoms in total. The SMILES string of the molecule is CC[C@H](C)C[C@@H](CC)NC[C@@H]1CCCO1. The summed E-state index contributed by atoms with van der Waals surface area (Å²) in [4.78, 5) is 0. The van der Waals surface area contributed by atoms with Crippen LogP contribution in [0.4, 0.5) is 0 Å². The molecule has 0 aromatic heterocycles. The van der Waals surface area contributed by atoms with Crippen LogP contribution >= 0.6 is 0 Å². The van der Waals surface area contributed by atoms with Crippen LogP contribution in [0, 0.1) is 5.92 Å². The van der Waals surface area contributed by atoms with Crippen molar-refractivity contribution in [2.75, 3.05) is 13.2 Å². The Morgan fingerprint density at radius 3 is 2.67 bits per heavy atom. The van der Waals surface area contributed by atoms with Crippen LogP contribution in [0.15, 0.2) is 0 Å². The van der Waals surface area contributed by atoms with Crippen molar-refractivity contribution < 1.29 is 4.74 Å². The van der Waals surface area contributed by atoms with E-state index < -0.39 is 0 Å². The van der Waals surface area contributed by atoms with Crippen molar-refractivity contribution in [1.29, 1.82) is 0 Å². The Bertz CT molecular complexity index is 155. The Morgan fingerprint density at radius 1 is 1.33 bits per heavy atom. The summed E-state index contributed by atoms with van der Waals surface area (Å²) >= 11 is 0. The first-order valence-corrected chi connectivity index (χ1v) is 6.61. The predicted octanol–water partition coefficient (Wildman–Crippen LogP) is 2.97. The molecule has 1 heterocycles. The van der Waals surface area contributed by atoms with Gasteiger partial charge in [0.05, 0.1) is 6.10 Å². The molecular weight excluding hydrogens is 186 g/mol. The Labute approximate surface area is 94.8 Å². The average molecular weight is 213 g/mol. The number of hydrogen-bond donors (Lipinski definition) is 1. The molecule has 0 amide bonds. The molecule has 0 aromatic rings. The van der Waals surface area contributed by atoms with Crippen LogP contribution < -0.4 is 5.32 Å². The predicted molar refractivity (Wildman–Crippen MR) is 65.1 cm³/mol. The fourth-order valence-corrected chi connectivity index (χ4v) is 2.15.